The van der Waals surface area contributed by atoms with Gasteiger partial charge in [-0.3, -0.25) is 9.59 Å². The number of rotatable bonds is 6. The molecular formula is C24H30N2O2. The number of likely N-dealkylation sites (tertiary alicyclic amines) is 1. The highest BCUT2D eigenvalue weighted by atomic mass is 16.2. The van der Waals surface area contributed by atoms with Gasteiger partial charge in [0.05, 0.1) is 6.04 Å². The molecule has 1 saturated heterocycles. The van der Waals surface area contributed by atoms with Gasteiger partial charge in [0.15, 0.2) is 0 Å². The third-order valence-corrected chi connectivity index (χ3v) is 5.47. The Morgan fingerprint density at radius 3 is 2.11 bits per heavy atom. The summed E-state index contributed by atoms with van der Waals surface area (Å²) in [5, 5.41) is 3.28. The first-order chi connectivity index (χ1) is 13.5. The predicted octanol–water partition coefficient (Wildman–Crippen LogP) is 3.98. The summed E-state index contributed by atoms with van der Waals surface area (Å²) in [4.78, 5) is 27.0. The normalized spacial score (nSPS) is 16.0. The van der Waals surface area contributed by atoms with Crippen LogP contribution >= 0.6 is 0 Å². The van der Waals surface area contributed by atoms with Gasteiger partial charge in [0, 0.05) is 24.9 Å². The van der Waals surface area contributed by atoms with Crippen LogP contribution in [0.25, 0.3) is 0 Å². The molecule has 1 N–H and O–H groups in total. The lowest BCUT2D eigenvalue weighted by molar-refractivity contribution is -0.138. The van der Waals surface area contributed by atoms with E-state index < -0.39 is 0 Å². The summed E-state index contributed by atoms with van der Waals surface area (Å²) < 4.78 is 0. The molecule has 1 unspecified atom stereocenters. The van der Waals surface area contributed by atoms with Crippen LogP contribution in [0.15, 0.2) is 60.7 Å². The Kier molecular flexibility index (Phi) is 6.85. The molecule has 2 aromatic carbocycles. The molecule has 2 aromatic rings. The van der Waals surface area contributed by atoms with Crippen molar-refractivity contribution in [2.75, 3.05) is 13.1 Å². The van der Waals surface area contributed by atoms with E-state index in [2.05, 4.69) is 29.6 Å². The first-order valence-corrected chi connectivity index (χ1v) is 10.2. The van der Waals surface area contributed by atoms with Gasteiger partial charge in [0.1, 0.15) is 0 Å². The van der Waals surface area contributed by atoms with Crippen molar-refractivity contribution < 1.29 is 9.59 Å². The number of amides is 2. The number of hydrogen-bond acceptors (Lipinski definition) is 2. The Labute approximate surface area is 167 Å². The van der Waals surface area contributed by atoms with E-state index in [1.807, 2.05) is 55.1 Å². The second-order valence-electron chi connectivity index (χ2n) is 7.92. The molecule has 148 valence electrons. The number of carbonyl (C=O) groups is 2. The molecule has 1 aliphatic heterocycles. The lowest BCUT2D eigenvalue weighted by Crippen LogP contribution is -2.45. The third kappa shape index (κ3) is 5.22. The van der Waals surface area contributed by atoms with Crippen LogP contribution in [0, 0.1) is 11.8 Å². The molecule has 1 atom stereocenters. The van der Waals surface area contributed by atoms with E-state index in [1.165, 1.54) is 5.56 Å². The number of carbonyl (C=O) groups excluding carboxylic acids is 2. The highest BCUT2D eigenvalue weighted by Crippen LogP contribution is 2.23. The van der Waals surface area contributed by atoms with E-state index >= 15 is 0 Å². The van der Waals surface area contributed by atoms with Crippen LogP contribution in [0.2, 0.25) is 0 Å². The average molecular weight is 379 g/mol. The molecule has 0 spiro atoms. The topological polar surface area (TPSA) is 49.4 Å². The second kappa shape index (κ2) is 9.54. The van der Waals surface area contributed by atoms with Crippen molar-refractivity contribution in [1.29, 1.82) is 0 Å². The minimum absolute atomic E-state index is 0.0127. The van der Waals surface area contributed by atoms with Gasteiger partial charge in [-0.1, -0.05) is 74.5 Å². The zero-order valence-electron chi connectivity index (χ0n) is 16.8. The van der Waals surface area contributed by atoms with Gasteiger partial charge >= 0.3 is 0 Å². The fraction of sp³-hybridized carbons (Fsp3) is 0.417. The van der Waals surface area contributed by atoms with Crippen LogP contribution in [-0.4, -0.2) is 29.8 Å². The Morgan fingerprint density at radius 2 is 1.54 bits per heavy atom. The van der Waals surface area contributed by atoms with E-state index in [-0.39, 0.29) is 29.7 Å². The molecule has 4 nitrogen and oxygen atoms in total. The van der Waals surface area contributed by atoms with Gasteiger partial charge in [0.25, 0.3) is 0 Å². The minimum atomic E-state index is -0.0496. The van der Waals surface area contributed by atoms with Crippen molar-refractivity contribution in [3.63, 3.8) is 0 Å². The van der Waals surface area contributed by atoms with Crippen molar-refractivity contribution in [3.05, 3.63) is 71.8 Å². The van der Waals surface area contributed by atoms with Crippen molar-refractivity contribution >= 4 is 11.8 Å². The maximum atomic E-state index is 13.0. The summed E-state index contributed by atoms with van der Waals surface area (Å²) in [5.41, 5.74) is 2.32. The Morgan fingerprint density at radius 1 is 0.964 bits per heavy atom. The SMILES string of the molecule is CC(C)C(=O)N1CCC(C(=O)NC(Cc2ccccc2)c2ccccc2)CC1. The molecule has 0 bridgehead atoms. The lowest BCUT2D eigenvalue weighted by Gasteiger charge is -2.33. The predicted molar refractivity (Wildman–Crippen MR) is 112 cm³/mol. The van der Waals surface area contributed by atoms with Crippen molar-refractivity contribution in [3.8, 4) is 0 Å². The molecular weight excluding hydrogens is 348 g/mol. The van der Waals surface area contributed by atoms with E-state index in [1.54, 1.807) is 0 Å². The van der Waals surface area contributed by atoms with Crippen LogP contribution < -0.4 is 5.32 Å². The smallest absolute Gasteiger partial charge is 0.225 e. The number of nitrogens with zero attached hydrogens (tertiary/aromatic N) is 1. The number of nitrogens with one attached hydrogen (secondary N) is 1. The van der Waals surface area contributed by atoms with Gasteiger partial charge in [0.2, 0.25) is 11.8 Å². The quantitative estimate of drug-likeness (QED) is 0.826. The van der Waals surface area contributed by atoms with Crippen molar-refractivity contribution in [1.82, 2.24) is 10.2 Å². The number of benzene rings is 2. The van der Waals surface area contributed by atoms with Gasteiger partial charge < -0.3 is 10.2 Å². The maximum absolute atomic E-state index is 13.0. The summed E-state index contributed by atoms with van der Waals surface area (Å²) in [7, 11) is 0. The maximum Gasteiger partial charge on any atom is 0.225 e. The first-order valence-electron chi connectivity index (χ1n) is 10.2. The zero-order valence-corrected chi connectivity index (χ0v) is 16.8. The monoisotopic (exact) mass is 378 g/mol. The molecule has 0 radical (unpaired) electrons. The molecule has 0 aromatic heterocycles. The molecule has 2 amide bonds. The Bertz CT molecular complexity index is 766. The summed E-state index contributed by atoms with van der Waals surface area (Å²) in [6, 6.07) is 20.3. The summed E-state index contributed by atoms with van der Waals surface area (Å²) in [6.45, 7) is 5.19. The van der Waals surface area contributed by atoms with Crippen LogP contribution in [0.5, 0.6) is 0 Å². The van der Waals surface area contributed by atoms with Crippen LogP contribution in [0.1, 0.15) is 43.9 Å². The standard InChI is InChI=1S/C24H30N2O2/c1-18(2)24(28)26-15-13-21(14-16-26)23(27)25-22(20-11-7-4-8-12-20)17-19-9-5-3-6-10-19/h3-12,18,21-22H,13-17H2,1-2H3,(H,25,27). The molecule has 3 rings (SSSR count). The molecule has 0 saturated carbocycles. The highest BCUT2D eigenvalue weighted by molar-refractivity contribution is 5.81. The van der Waals surface area contributed by atoms with Gasteiger partial charge in [-0.05, 0) is 30.4 Å². The van der Waals surface area contributed by atoms with Crippen molar-refractivity contribution in [2.24, 2.45) is 11.8 Å². The summed E-state index contributed by atoms with van der Waals surface area (Å²) >= 11 is 0. The lowest BCUT2D eigenvalue weighted by atomic mass is 9.93. The van der Waals surface area contributed by atoms with Crippen LogP contribution in [-0.2, 0) is 16.0 Å². The van der Waals surface area contributed by atoms with Gasteiger partial charge in [-0.25, -0.2) is 0 Å². The number of hydrogen-bond donors (Lipinski definition) is 1. The number of piperidine rings is 1. The molecule has 1 fully saturated rings. The van der Waals surface area contributed by atoms with E-state index in [4.69, 9.17) is 0 Å². The van der Waals surface area contributed by atoms with Crippen LogP contribution in [0.3, 0.4) is 0 Å². The van der Waals surface area contributed by atoms with E-state index in [0.29, 0.717) is 13.1 Å². The molecule has 1 heterocycles. The molecule has 0 aliphatic carbocycles. The fourth-order valence-electron chi connectivity index (χ4n) is 3.80. The zero-order chi connectivity index (χ0) is 19.9. The first kappa shape index (κ1) is 20.1. The fourth-order valence-corrected chi connectivity index (χ4v) is 3.80. The third-order valence-electron chi connectivity index (χ3n) is 5.47. The average Bonchev–Trinajstić information content (AvgIpc) is 2.74. The molecule has 4 heteroatoms. The second-order valence-corrected chi connectivity index (χ2v) is 7.92. The van der Waals surface area contributed by atoms with Crippen LogP contribution in [0.4, 0.5) is 0 Å². The van der Waals surface area contributed by atoms with Gasteiger partial charge in [-0.15, -0.1) is 0 Å². The minimum Gasteiger partial charge on any atom is -0.349 e. The highest BCUT2D eigenvalue weighted by Gasteiger charge is 2.29. The van der Waals surface area contributed by atoms with E-state index in [9.17, 15) is 9.59 Å². The molecule has 1 aliphatic rings. The Hall–Kier alpha value is -2.62. The van der Waals surface area contributed by atoms with Gasteiger partial charge in [-0.2, -0.15) is 0 Å². The summed E-state index contributed by atoms with van der Waals surface area (Å²) in [6.07, 6.45) is 2.23. The Balaban J connectivity index is 1.64. The summed E-state index contributed by atoms with van der Waals surface area (Å²) in [5.74, 6) is 0.267. The van der Waals surface area contributed by atoms with Crippen molar-refractivity contribution in [2.45, 2.75) is 39.2 Å². The largest absolute Gasteiger partial charge is 0.349 e. The molecule has 28 heavy (non-hydrogen) atoms. The van der Waals surface area contributed by atoms with E-state index in [0.717, 1.165) is 24.8 Å².